The second-order valence-corrected chi connectivity index (χ2v) is 6.45. The van der Waals surface area contributed by atoms with E-state index in [9.17, 15) is 4.79 Å². The number of aromatic nitrogens is 2. The van der Waals surface area contributed by atoms with Gasteiger partial charge in [-0.15, -0.1) is 0 Å². The summed E-state index contributed by atoms with van der Waals surface area (Å²) in [4.78, 5) is 17.8. The molecule has 0 saturated carbocycles. The van der Waals surface area contributed by atoms with E-state index in [2.05, 4.69) is 14.3 Å². The predicted octanol–water partition coefficient (Wildman–Crippen LogP) is 3.13. The summed E-state index contributed by atoms with van der Waals surface area (Å²) in [6.45, 7) is 4.91. The van der Waals surface area contributed by atoms with Crippen LogP contribution in [0.4, 0.5) is 0 Å². The van der Waals surface area contributed by atoms with Crippen LogP contribution in [0.15, 0.2) is 48.7 Å². The highest BCUT2D eigenvalue weighted by Crippen LogP contribution is 2.22. The summed E-state index contributed by atoms with van der Waals surface area (Å²) < 4.78 is 7.69. The van der Waals surface area contributed by atoms with E-state index in [4.69, 9.17) is 9.84 Å². The molecule has 26 heavy (non-hydrogen) atoms. The molecule has 6 nitrogen and oxygen atoms in total. The molecule has 3 aromatic rings. The van der Waals surface area contributed by atoms with Gasteiger partial charge in [-0.1, -0.05) is 24.3 Å². The Kier molecular flexibility index (Phi) is 5.23. The second kappa shape index (κ2) is 7.58. The van der Waals surface area contributed by atoms with Crippen LogP contribution in [0.2, 0.25) is 0 Å². The van der Waals surface area contributed by atoms with E-state index < -0.39 is 12.1 Å². The summed E-state index contributed by atoms with van der Waals surface area (Å²) in [5, 5.41) is 9.07. The third kappa shape index (κ3) is 3.86. The number of rotatable bonds is 7. The van der Waals surface area contributed by atoms with Crippen molar-refractivity contribution in [3.05, 3.63) is 65.6 Å². The lowest BCUT2D eigenvalue weighted by Gasteiger charge is -2.20. The van der Waals surface area contributed by atoms with E-state index in [-0.39, 0.29) is 0 Å². The summed E-state index contributed by atoms with van der Waals surface area (Å²) in [5.74, 6) is -0.376. The van der Waals surface area contributed by atoms with Gasteiger partial charge in [-0.05, 0) is 39.1 Å². The number of aliphatic carboxylic acids is 1. The van der Waals surface area contributed by atoms with Crippen molar-refractivity contribution in [3.8, 4) is 5.75 Å². The van der Waals surface area contributed by atoms with Crippen molar-refractivity contribution in [2.75, 3.05) is 7.05 Å². The van der Waals surface area contributed by atoms with E-state index in [1.165, 1.54) is 6.92 Å². The molecule has 1 aromatic carbocycles. The van der Waals surface area contributed by atoms with Crippen molar-refractivity contribution in [2.24, 2.45) is 0 Å². The number of fused-ring (bicyclic) bond motifs is 1. The maximum absolute atomic E-state index is 11.1. The largest absolute Gasteiger partial charge is 0.479 e. The van der Waals surface area contributed by atoms with E-state index in [0.717, 1.165) is 29.1 Å². The number of hydrogen-bond acceptors (Lipinski definition) is 4. The third-order valence-corrected chi connectivity index (χ3v) is 4.31. The highest BCUT2D eigenvalue weighted by Gasteiger charge is 2.16. The minimum atomic E-state index is -0.977. The van der Waals surface area contributed by atoms with E-state index >= 15 is 0 Å². The third-order valence-electron chi connectivity index (χ3n) is 4.31. The molecule has 0 unspecified atom stereocenters. The Bertz CT molecular complexity index is 920. The Morgan fingerprint density at radius 2 is 1.96 bits per heavy atom. The maximum Gasteiger partial charge on any atom is 0.344 e. The van der Waals surface area contributed by atoms with Gasteiger partial charge in [-0.2, -0.15) is 0 Å². The fourth-order valence-corrected chi connectivity index (χ4v) is 2.95. The molecule has 0 spiro atoms. The van der Waals surface area contributed by atoms with Crippen LogP contribution in [-0.4, -0.2) is 38.5 Å². The lowest BCUT2D eigenvalue weighted by Crippen LogP contribution is -2.24. The summed E-state index contributed by atoms with van der Waals surface area (Å²) in [5.41, 5.74) is 4.04. The number of carbonyl (C=O) groups is 1. The molecule has 0 amide bonds. The fraction of sp³-hybridized carbons (Fsp3) is 0.300. The average Bonchev–Trinajstić information content (AvgIpc) is 2.92. The number of para-hydroxylation sites is 1. The highest BCUT2D eigenvalue weighted by atomic mass is 16.5. The first-order chi connectivity index (χ1) is 12.5. The van der Waals surface area contributed by atoms with Gasteiger partial charge in [-0.25, -0.2) is 9.78 Å². The van der Waals surface area contributed by atoms with Crippen LogP contribution in [-0.2, 0) is 17.9 Å². The van der Waals surface area contributed by atoms with Gasteiger partial charge in [-0.3, -0.25) is 4.90 Å². The zero-order valence-corrected chi connectivity index (χ0v) is 15.2. The molecule has 0 aliphatic heterocycles. The van der Waals surface area contributed by atoms with Gasteiger partial charge in [0.05, 0.1) is 11.4 Å². The number of nitrogens with zero attached hydrogens (tertiary/aromatic N) is 3. The Morgan fingerprint density at radius 1 is 1.23 bits per heavy atom. The lowest BCUT2D eigenvalue weighted by atomic mass is 10.2. The Labute approximate surface area is 152 Å². The molecule has 2 heterocycles. The highest BCUT2D eigenvalue weighted by molar-refractivity contribution is 5.72. The monoisotopic (exact) mass is 353 g/mol. The van der Waals surface area contributed by atoms with E-state index in [1.807, 2.05) is 62.6 Å². The molecule has 0 fully saturated rings. The van der Waals surface area contributed by atoms with Crippen LogP contribution in [0.5, 0.6) is 5.75 Å². The maximum atomic E-state index is 11.1. The van der Waals surface area contributed by atoms with E-state index in [1.54, 1.807) is 0 Å². The van der Waals surface area contributed by atoms with Crippen molar-refractivity contribution in [1.82, 2.24) is 14.3 Å². The van der Waals surface area contributed by atoms with Crippen molar-refractivity contribution in [2.45, 2.75) is 33.0 Å². The SMILES string of the molecule is Cc1nc2ccccn2c1CN(C)Cc1ccccc1O[C@@H](C)C(=O)O. The number of carboxylic acids is 1. The van der Waals surface area contributed by atoms with Crippen molar-refractivity contribution < 1.29 is 14.6 Å². The molecule has 1 atom stereocenters. The van der Waals surface area contributed by atoms with Crippen molar-refractivity contribution in [3.63, 3.8) is 0 Å². The molecule has 2 aromatic heterocycles. The fourth-order valence-electron chi connectivity index (χ4n) is 2.95. The molecule has 0 saturated heterocycles. The summed E-state index contributed by atoms with van der Waals surface area (Å²) >= 11 is 0. The van der Waals surface area contributed by atoms with Crippen LogP contribution < -0.4 is 4.74 Å². The van der Waals surface area contributed by atoms with Crippen LogP contribution >= 0.6 is 0 Å². The number of imidazole rings is 1. The van der Waals surface area contributed by atoms with Gasteiger partial charge in [0.25, 0.3) is 0 Å². The van der Waals surface area contributed by atoms with Crippen molar-refractivity contribution >= 4 is 11.6 Å². The zero-order valence-electron chi connectivity index (χ0n) is 15.2. The minimum Gasteiger partial charge on any atom is -0.479 e. The van der Waals surface area contributed by atoms with Gasteiger partial charge in [0.2, 0.25) is 0 Å². The van der Waals surface area contributed by atoms with Crippen LogP contribution in [0.3, 0.4) is 0 Å². The quantitative estimate of drug-likeness (QED) is 0.707. The number of hydrogen-bond donors (Lipinski definition) is 1. The molecule has 3 rings (SSSR count). The van der Waals surface area contributed by atoms with Crippen LogP contribution in [0.25, 0.3) is 5.65 Å². The van der Waals surface area contributed by atoms with Gasteiger partial charge in [0.15, 0.2) is 6.10 Å². The topological polar surface area (TPSA) is 67.1 Å². The normalized spacial score (nSPS) is 12.5. The first-order valence-corrected chi connectivity index (χ1v) is 8.54. The molecule has 136 valence electrons. The Balaban J connectivity index is 1.77. The van der Waals surface area contributed by atoms with Gasteiger partial charge < -0.3 is 14.2 Å². The second-order valence-electron chi connectivity index (χ2n) is 6.45. The van der Waals surface area contributed by atoms with Crippen LogP contribution in [0.1, 0.15) is 23.9 Å². The number of pyridine rings is 1. The molecular formula is C20H23N3O3. The smallest absolute Gasteiger partial charge is 0.344 e. The molecule has 0 aliphatic carbocycles. The summed E-state index contributed by atoms with van der Waals surface area (Å²) in [7, 11) is 2.03. The minimum absolute atomic E-state index is 0.601. The molecule has 0 bridgehead atoms. The first kappa shape index (κ1) is 17.9. The van der Waals surface area contributed by atoms with Gasteiger partial charge in [0.1, 0.15) is 11.4 Å². The average molecular weight is 353 g/mol. The number of carboxylic acid groups (broad SMARTS) is 1. The molecular weight excluding hydrogens is 330 g/mol. The number of aryl methyl sites for hydroxylation is 1. The number of benzene rings is 1. The molecule has 6 heteroatoms. The molecule has 0 aliphatic rings. The predicted molar refractivity (Wildman–Crippen MR) is 99.3 cm³/mol. The number of ether oxygens (including phenoxy) is 1. The lowest BCUT2D eigenvalue weighted by molar-refractivity contribution is -0.144. The van der Waals surface area contributed by atoms with Gasteiger partial charge in [0, 0.05) is 24.8 Å². The standard InChI is InChI=1S/C20H23N3O3/c1-14-17(23-11-7-6-10-19(23)21-14)13-22(3)12-16-8-4-5-9-18(16)26-15(2)20(24)25/h4-11,15H,12-13H2,1-3H3,(H,24,25)/t15-/m0/s1. The van der Waals surface area contributed by atoms with Crippen molar-refractivity contribution in [1.29, 1.82) is 0 Å². The first-order valence-electron chi connectivity index (χ1n) is 8.54. The molecule has 0 radical (unpaired) electrons. The van der Waals surface area contributed by atoms with Gasteiger partial charge >= 0.3 is 5.97 Å². The Hall–Kier alpha value is -2.86. The van der Waals surface area contributed by atoms with E-state index in [0.29, 0.717) is 12.3 Å². The molecule has 1 N–H and O–H groups in total. The van der Waals surface area contributed by atoms with Crippen LogP contribution in [0, 0.1) is 6.92 Å². The summed E-state index contributed by atoms with van der Waals surface area (Å²) in [6, 6.07) is 13.5. The summed E-state index contributed by atoms with van der Waals surface area (Å²) in [6.07, 6.45) is 1.13. The Morgan fingerprint density at radius 3 is 2.73 bits per heavy atom. The zero-order chi connectivity index (χ0) is 18.7.